The number of aliphatic hydroxyl groups is 2. The van der Waals surface area contributed by atoms with Gasteiger partial charge in [-0.25, -0.2) is 13.1 Å². The Morgan fingerprint density at radius 1 is 1.15 bits per heavy atom. The molecule has 8 heteroatoms. The van der Waals surface area contributed by atoms with Crippen LogP contribution in [0.5, 0.6) is 0 Å². The van der Waals surface area contributed by atoms with Crippen molar-refractivity contribution < 1.29 is 23.4 Å². The van der Waals surface area contributed by atoms with E-state index in [0.29, 0.717) is 24.1 Å². The number of sulfonamides is 1. The van der Waals surface area contributed by atoms with Gasteiger partial charge in [-0.15, -0.1) is 0 Å². The third-order valence-electron chi connectivity index (χ3n) is 4.55. The number of carbonyl (C=O) groups excluding carboxylic acids is 1. The average Bonchev–Trinajstić information content (AvgIpc) is 2.68. The molecule has 1 amide bonds. The smallest absolute Gasteiger partial charge is 0.251 e. The van der Waals surface area contributed by atoms with E-state index in [2.05, 4.69) is 10.0 Å². The first-order chi connectivity index (χ1) is 12.9. The van der Waals surface area contributed by atoms with Gasteiger partial charge in [-0.05, 0) is 36.1 Å². The van der Waals surface area contributed by atoms with Gasteiger partial charge in [0, 0.05) is 18.2 Å². The number of hydrogen-bond donors (Lipinski definition) is 4. The SMILES string of the molecule is O=C1NCCc2ccc(S(=O)(=O)N[C@H](CO)C[C@H](O)c3ccccc3)cc21. The zero-order chi connectivity index (χ0) is 19.4. The van der Waals surface area contributed by atoms with E-state index in [1.165, 1.54) is 12.1 Å². The van der Waals surface area contributed by atoms with Gasteiger partial charge >= 0.3 is 0 Å². The fraction of sp³-hybridized carbons (Fsp3) is 0.316. The largest absolute Gasteiger partial charge is 0.395 e. The molecule has 4 N–H and O–H groups in total. The lowest BCUT2D eigenvalue weighted by molar-refractivity contribution is 0.0945. The van der Waals surface area contributed by atoms with Crippen molar-refractivity contribution in [2.45, 2.75) is 29.9 Å². The van der Waals surface area contributed by atoms with Crippen LogP contribution in [0, 0.1) is 0 Å². The molecule has 0 aromatic heterocycles. The molecule has 27 heavy (non-hydrogen) atoms. The van der Waals surface area contributed by atoms with E-state index in [1.54, 1.807) is 30.3 Å². The fourth-order valence-electron chi connectivity index (χ4n) is 3.09. The molecule has 0 bridgehead atoms. The number of amides is 1. The summed E-state index contributed by atoms with van der Waals surface area (Å²) < 4.78 is 27.8. The highest BCUT2D eigenvalue weighted by Crippen LogP contribution is 2.21. The van der Waals surface area contributed by atoms with Gasteiger partial charge in [0.25, 0.3) is 5.91 Å². The van der Waals surface area contributed by atoms with Crippen molar-refractivity contribution in [3.63, 3.8) is 0 Å². The molecule has 3 rings (SSSR count). The summed E-state index contributed by atoms with van der Waals surface area (Å²) in [5.74, 6) is -0.300. The lowest BCUT2D eigenvalue weighted by Gasteiger charge is -2.21. The molecule has 0 spiro atoms. The van der Waals surface area contributed by atoms with Gasteiger partial charge in [-0.3, -0.25) is 4.79 Å². The maximum Gasteiger partial charge on any atom is 0.251 e. The maximum atomic E-state index is 12.7. The second-order valence-electron chi connectivity index (χ2n) is 6.49. The Kier molecular flexibility index (Phi) is 5.91. The van der Waals surface area contributed by atoms with Crippen LogP contribution in [0.3, 0.4) is 0 Å². The summed E-state index contributed by atoms with van der Waals surface area (Å²) in [6, 6.07) is 12.4. The minimum atomic E-state index is -3.96. The van der Waals surface area contributed by atoms with Gasteiger partial charge < -0.3 is 15.5 Å². The van der Waals surface area contributed by atoms with Crippen molar-refractivity contribution >= 4 is 15.9 Å². The molecule has 1 aliphatic heterocycles. The van der Waals surface area contributed by atoms with Crippen molar-refractivity contribution in [2.24, 2.45) is 0 Å². The molecular formula is C19H22N2O5S. The fourth-order valence-corrected chi connectivity index (χ4v) is 4.35. The van der Waals surface area contributed by atoms with Crippen molar-refractivity contribution in [1.29, 1.82) is 0 Å². The van der Waals surface area contributed by atoms with E-state index in [-0.39, 0.29) is 17.2 Å². The van der Waals surface area contributed by atoms with Crippen molar-refractivity contribution in [3.8, 4) is 0 Å². The van der Waals surface area contributed by atoms with Crippen molar-refractivity contribution in [2.75, 3.05) is 13.2 Å². The Morgan fingerprint density at radius 2 is 1.89 bits per heavy atom. The number of fused-ring (bicyclic) bond motifs is 1. The zero-order valence-electron chi connectivity index (χ0n) is 14.6. The van der Waals surface area contributed by atoms with Crippen LogP contribution in [0.4, 0.5) is 0 Å². The molecule has 0 radical (unpaired) electrons. The maximum absolute atomic E-state index is 12.7. The van der Waals surface area contributed by atoms with E-state index in [4.69, 9.17) is 0 Å². The topological polar surface area (TPSA) is 116 Å². The number of rotatable bonds is 7. The first-order valence-corrected chi connectivity index (χ1v) is 10.2. The van der Waals surface area contributed by atoms with E-state index in [9.17, 15) is 23.4 Å². The van der Waals surface area contributed by atoms with E-state index in [0.717, 1.165) is 5.56 Å². The second kappa shape index (κ2) is 8.18. The van der Waals surface area contributed by atoms with Crippen LogP contribution in [0.1, 0.15) is 34.0 Å². The third-order valence-corrected chi connectivity index (χ3v) is 6.07. The van der Waals surface area contributed by atoms with Crippen LogP contribution in [0.2, 0.25) is 0 Å². The monoisotopic (exact) mass is 390 g/mol. The summed E-state index contributed by atoms with van der Waals surface area (Å²) in [7, 11) is -3.96. The Morgan fingerprint density at radius 3 is 2.59 bits per heavy atom. The standard InChI is InChI=1S/C19H22N2O5S/c22-12-15(10-18(23)14-4-2-1-3-5-14)21-27(25,26)16-7-6-13-8-9-20-19(24)17(13)11-16/h1-7,11,15,18,21-23H,8-10,12H2,(H,20,24)/t15-,18-/m0/s1. The van der Waals surface area contributed by atoms with E-state index < -0.39 is 28.8 Å². The Hall–Kier alpha value is -2.26. The zero-order valence-corrected chi connectivity index (χ0v) is 15.4. The van der Waals surface area contributed by atoms with E-state index >= 15 is 0 Å². The van der Waals surface area contributed by atoms with Crippen LogP contribution in [-0.4, -0.2) is 43.7 Å². The minimum absolute atomic E-state index is 0.0190. The normalized spacial score (nSPS) is 16.3. The van der Waals surface area contributed by atoms with Gasteiger partial charge in [-0.2, -0.15) is 0 Å². The van der Waals surface area contributed by atoms with Gasteiger partial charge in [-0.1, -0.05) is 36.4 Å². The summed E-state index contributed by atoms with van der Waals surface area (Å²) in [6.07, 6.45) is -0.247. The molecule has 2 atom stereocenters. The van der Waals surface area contributed by atoms with Gasteiger partial charge in [0.2, 0.25) is 10.0 Å². The molecule has 7 nitrogen and oxygen atoms in total. The highest BCUT2D eigenvalue weighted by molar-refractivity contribution is 7.89. The predicted molar refractivity (Wildman–Crippen MR) is 99.7 cm³/mol. The van der Waals surface area contributed by atoms with Crippen LogP contribution in [0.15, 0.2) is 53.4 Å². The molecule has 0 saturated heterocycles. The molecule has 2 aromatic carbocycles. The van der Waals surface area contributed by atoms with Gasteiger partial charge in [0.05, 0.1) is 17.6 Å². The molecule has 2 aromatic rings. The summed E-state index contributed by atoms with van der Waals surface area (Å²) in [5.41, 5.74) is 1.78. The molecule has 0 fully saturated rings. The Bertz CT molecular complexity index is 915. The number of carbonyl (C=O) groups is 1. The number of benzene rings is 2. The first kappa shape index (κ1) is 19.5. The Labute approximate surface area is 158 Å². The quantitative estimate of drug-likeness (QED) is 0.556. The van der Waals surface area contributed by atoms with Crippen molar-refractivity contribution in [1.82, 2.24) is 10.0 Å². The van der Waals surface area contributed by atoms with Gasteiger partial charge in [0.15, 0.2) is 0 Å². The van der Waals surface area contributed by atoms with E-state index in [1.807, 2.05) is 6.07 Å². The third kappa shape index (κ3) is 4.54. The van der Waals surface area contributed by atoms with Crippen LogP contribution in [0.25, 0.3) is 0 Å². The Balaban J connectivity index is 1.76. The summed E-state index contributed by atoms with van der Waals surface area (Å²) in [6.45, 7) is 0.0642. The highest BCUT2D eigenvalue weighted by Gasteiger charge is 2.25. The molecule has 144 valence electrons. The lowest BCUT2D eigenvalue weighted by Crippen LogP contribution is -2.39. The molecule has 1 aliphatic rings. The number of nitrogens with one attached hydrogen (secondary N) is 2. The summed E-state index contributed by atoms with van der Waals surface area (Å²) in [5, 5.41) is 22.5. The molecule has 1 heterocycles. The van der Waals surface area contributed by atoms with Crippen molar-refractivity contribution in [3.05, 3.63) is 65.2 Å². The molecule has 0 unspecified atom stereocenters. The second-order valence-corrected chi connectivity index (χ2v) is 8.20. The first-order valence-electron chi connectivity index (χ1n) is 8.68. The van der Waals surface area contributed by atoms with Crippen LogP contribution < -0.4 is 10.0 Å². The summed E-state index contributed by atoms with van der Waals surface area (Å²) >= 11 is 0. The molecule has 0 saturated carbocycles. The predicted octanol–water partition coefficient (Wildman–Crippen LogP) is 0.735. The van der Waals surface area contributed by atoms with Crippen LogP contribution in [-0.2, 0) is 16.4 Å². The number of hydrogen-bond acceptors (Lipinski definition) is 5. The molecule has 0 aliphatic carbocycles. The highest BCUT2D eigenvalue weighted by atomic mass is 32.2. The lowest BCUT2D eigenvalue weighted by atomic mass is 10.0. The molecular weight excluding hydrogens is 368 g/mol. The minimum Gasteiger partial charge on any atom is -0.395 e. The van der Waals surface area contributed by atoms with Gasteiger partial charge in [0.1, 0.15) is 0 Å². The van der Waals surface area contributed by atoms with Crippen LogP contribution >= 0.6 is 0 Å². The summed E-state index contributed by atoms with van der Waals surface area (Å²) in [4.78, 5) is 11.9. The number of aliphatic hydroxyl groups excluding tert-OH is 2. The average molecular weight is 390 g/mol.